The van der Waals surface area contributed by atoms with E-state index in [1.54, 1.807) is 18.3 Å². The summed E-state index contributed by atoms with van der Waals surface area (Å²) in [4.78, 5) is 19.8. The second-order valence-electron chi connectivity index (χ2n) is 5.85. The minimum Gasteiger partial charge on any atom is -0.348 e. The van der Waals surface area contributed by atoms with Crippen LogP contribution in [0.25, 0.3) is 0 Å². The Labute approximate surface area is 145 Å². The van der Waals surface area contributed by atoms with Crippen LogP contribution >= 0.6 is 11.3 Å². The molecule has 2 heterocycles. The van der Waals surface area contributed by atoms with Gasteiger partial charge in [0, 0.05) is 32.7 Å². The monoisotopic (exact) mass is 365 g/mol. The van der Waals surface area contributed by atoms with Crippen molar-refractivity contribution in [1.29, 1.82) is 0 Å². The predicted molar refractivity (Wildman–Crippen MR) is 94.3 cm³/mol. The Hall–Kier alpha value is -1.77. The Balaban J connectivity index is 1.88. The molecule has 0 aliphatic carbocycles. The van der Waals surface area contributed by atoms with Gasteiger partial charge in [0.25, 0.3) is 0 Å². The molecule has 24 heavy (non-hydrogen) atoms. The highest BCUT2D eigenvalue weighted by atomic mass is 32.2. The van der Waals surface area contributed by atoms with E-state index in [2.05, 4.69) is 9.88 Å². The number of anilines is 1. The van der Waals surface area contributed by atoms with Crippen molar-refractivity contribution in [3.63, 3.8) is 0 Å². The summed E-state index contributed by atoms with van der Waals surface area (Å²) in [6.45, 7) is 1.94. The van der Waals surface area contributed by atoms with Gasteiger partial charge in [0.05, 0.1) is 16.0 Å². The van der Waals surface area contributed by atoms with E-state index in [1.165, 1.54) is 37.6 Å². The molecule has 1 saturated heterocycles. The van der Waals surface area contributed by atoms with E-state index in [4.69, 9.17) is 0 Å². The van der Waals surface area contributed by atoms with Gasteiger partial charge in [-0.1, -0.05) is 23.5 Å². The summed E-state index contributed by atoms with van der Waals surface area (Å²) in [7, 11) is -0.627. The molecule has 1 aliphatic rings. The fraction of sp³-hybridized carbons (Fsp3) is 0.375. The average molecular weight is 365 g/mol. The van der Waals surface area contributed by atoms with E-state index >= 15 is 0 Å². The van der Waals surface area contributed by atoms with Gasteiger partial charge in [-0.3, -0.25) is 4.79 Å². The lowest BCUT2D eigenvalue weighted by molar-refractivity contribution is 0.104. The molecule has 0 spiro atoms. The number of carbonyl (C=O) groups is 1. The van der Waals surface area contributed by atoms with E-state index in [-0.39, 0.29) is 10.7 Å². The zero-order valence-corrected chi connectivity index (χ0v) is 15.2. The molecule has 1 aliphatic heterocycles. The number of thiazole rings is 1. The minimum absolute atomic E-state index is 0.114. The first-order chi connectivity index (χ1) is 11.4. The molecule has 0 N–H and O–H groups in total. The van der Waals surface area contributed by atoms with Gasteiger partial charge in [-0.15, -0.1) is 0 Å². The van der Waals surface area contributed by atoms with Crippen molar-refractivity contribution in [2.24, 2.45) is 0 Å². The maximum absolute atomic E-state index is 12.7. The summed E-state index contributed by atoms with van der Waals surface area (Å²) >= 11 is 1.36. The summed E-state index contributed by atoms with van der Waals surface area (Å²) in [5.74, 6) is -0.200. The number of carbonyl (C=O) groups excluding carboxylic acids is 1. The molecule has 0 bridgehead atoms. The number of aromatic nitrogens is 1. The van der Waals surface area contributed by atoms with Crippen molar-refractivity contribution in [1.82, 2.24) is 9.29 Å². The van der Waals surface area contributed by atoms with E-state index in [1.807, 2.05) is 0 Å². The molecule has 128 valence electrons. The van der Waals surface area contributed by atoms with Gasteiger partial charge in [0.15, 0.2) is 5.13 Å². The van der Waals surface area contributed by atoms with Crippen molar-refractivity contribution < 1.29 is 13.2 Å². The van der Waals surface area contributed by atoms with E-state index in [9.17, 15) is 13.2 Å². The summed E-state index contributed by atoms with van der Waals surface area (Å²) in [6.07, 6.45) is 3.87. The van der Waals surface area contributed by atoms with Crippen molar-refractivity contribution in [3.8, 4) is 0 Å². The van der Waals surface area contributed by atoms with Gasteiger partial charge in [-0.2, -0.15) is 0 Å². The van der Waals surface area contributed by atoms with Crippen LogP contribution in [0.2, 0.25) is 0 Å². The van der Waals surface area contributed by atoms with Crippen LogP contribution in [0.3, 0.4) is 0 Å². The molecule has 6 nitrogen and oxygen atoms in total. The fourth-order valence-electron chi connectivity index (χ4n) is 2.58. The second kappa shape index (κ2) is 6.62. The van der Waals surface area contributed by atoms with Crippen LogP contribution in [0.15, 0.2) is 35.4 Å². The number of hydrogen-bond acceptors (Lipinski definition) is 6. The topological polar surface area (TPSA) is 70.6 Å². The standard InChI is InChI=1S/C16H19N3O3S2/c1-18(2)24(21,22)13-7-5-6-12(10-13)15(20)14-11-17-16(23-14)19-8-3-4-9-19/h5-7,10-11H,3-4,8-9H2,1-2H3. The first-order valence-corrected chi connectivity index (χ1v) is 9.93. The summed E-state index contributed by atoms with van der Waals surface area (Å²) in [5, 5.41) is 0.855. The number of benzene rings is 1. The molecule has 0 saturated carbocycles. The maximum atomic E-state index is 12.7. The van der Waals surface area contributed by atoms with Crippen LogP contribution in [0.5, 0.6) is 0 Å². The lowest BCUT2D eigenvalue weighted by Crippen LogP contribution is -2.22. The molecule has 1 fully saturated rings. The molecule has 0 unspecified atom stereocenters. The molecule has 1 aromatic heterocycles. The molecule has 3 rings (SSSR count). The van der Waals surface area contributed by atoms with Crippen LogP contribution in [-0.4, -0.2) is 50.7 Å². The molecular formula is C16H19N3O3S2. The zero-order valence-electron chi connectivity index (χ0n) is 13.6. The Morgan fingerprint density at radius 1 is 1.25 bits per heavy atom. The van der Waals surface area contributed by atoms with Crippen molar-refractivity contribution in [2.45, 2.75) is 17.7 Å². The summed E-state index contributed by atoms with van der Waals surface area (Å²) in [5.41, 5.74) is 0.356. The molecule has 2 aromatic rings. The smallest absolute Gasteiger partial charge is 0.242 e. The fourth-order valence-corrected chi connectivity index (χ4v) is 4.45. The van der Waals surface area contributed by atoms with Gasteiger partial charge < -0.3 is 4.90 Å². The van der Waals surface area contributed by atoms with Crippen LogP contribution < -0.4 is 4.90 Å². The number of rotatable bonds is 5. The Morgan fingerprint density at radius 3 is 2.62 bits per heavy atom. The Kier molecular flexibility index (Phi) is 4.71. The lowest BCUT2D eigenvalue weighted by atomic mass is 10.1. The third-order valence-corrected chi connectivity index (χ3v) is 6.84. The largest absolute Gasteiger partial charge is 0.348 e. The van der Waals surface area contributed by atoms with E-state index in [0.717, 1.165) is 35.4 Å². The average Bonchev–Trinajstić information content (AvgIpc) is 3.25. The van der Waals surface area contributed by atoms with Crippen LogP contribution in [0.4, 0.5) is 5.13 Å². The van der Waals surface area contributed by atoms with E-state index in [0.29, 0.717) is 10.4 Å². The normalized spacial score (nSPS) is 15.2. The first-order valence-electron chi connectivity index (χ1n) is 7.67. The van der Waals surface area contributed by atoms with Crippen LogP contribution in [0.1, 0.15) is 28.1 Å². The van der Waals surface area contributed by atoms with Gasteiger partial charge in [0.2, 0.25) is 15.8 Å². The lowest BCUT2D eigenvalue weighted by Gasteiger charge is -2.12. The quantitative estimate of drug-likeness (QED) is 0.760. The Bertz CT molecular complexity index is 853. The highest BCUT2D eigenvalue weighted by Gasteiger charge is 2.21. The number of sulfonamides is 1. The van der Waals surface area contributed by atoms with E-state index < -0.39 is 10.0 Å². The van der Waals surface area contributed by atoms with Gasteiger partial charge in [0.1, 0.15) is 0 Å². The maximum Gasteiger partial charge on any atom is 0.242 e. The highest BCUT2D eigenvalue weighted by molar-refractivity contribution is 7.89. The van der Waals surface area contributed by atoms with Gasteiger partial charge in [-0.05, 0) is 25.0 Å². The highest BCUT2D eigenvalue weighted by Crippen LogP contribution is 2.28. The van der Waals surface area contributed by atoms with Crippen LogP contribution in [0, 0.1) is 0 Å². The molecule has 0 atom stereocenters. The number of ketones is 1. The third kappa shape index (κ3) is 3.22. The van der Waals surface area contributed by atoms with Crippen molar-refractivity contribution in [2.75, 3.05) is 32.1 Å². The Morgan fingerprint density at radius 2 is 1.96 bits per heavy atom. The molecular weight excluding hydrogens is 346 g/mol. The number of hydrogen-bond donors (Lipinski definition) is 0. The summed E-state index contributed by atoms with van der Waals surface area (Å²) in [6, 6.07) is 6.14. The zero-order chi connectivity index (χ0) is 17.3. The van der Waals surface area contributed by atoms with Crippen molar-refractivity contribution >= 4 is 32.3 Å². The SMILES string of the molecule is CN(C)S(=O)(=O)c1cccc(C(=O)c2cnc(N3CCCC3)s2)c1. The van der Waals surface area contributed by atoms with Gasteiger partial charge in [-0.25, -0.2) is 17.7 Å². The predicted octanol–water partition coefficient (Wildman–Crippen LogP) is 2.22. The molecule has 8 heteroatoms. The number of nitrogens with zero attached hydrogens (tertiary/aromatic N) is 3. The van der Waals surface area contributed by atoms with Gasteiger partial charge >= 0.3 is 0 Å². The minimum atomic E-state index is -3.56. The second-order valence-corrected chi connectivity index (χ2v) is 9.01. The van der Waals surface area contributed by atoms with Crippen LogP contribution in [-0.2, 0) is 10.0 Å². The third-order valence-electron chi connectivity index (χ3n) is 3.97. The molecule has 0 amide bonds. The molecule has 1 aromatic carbocycles. The first kappa shape index (κ1) is 17.1. The molecule has 0 radical (unpaired) electrons. The summed E-state index contributed by atoms with van der Waals surface area (Å²) < 4.78 is 25.6. The van der Waals surface area contributed by atoms with Crippen molar-refractivity contribution in [3.05, 3.63) is 40.9 Å².